The number of allylic oxidation sites excluding steroid dienone is 3. The van der Waals surface area contributed by atoms with Gasteiger partial charge in [0, 0.05) is 17.1 Å². The van der Waals surface area contributed by atoms with E-state index in [1.54, 1.807) is 0 Å². The standard InChI is InChI=1S/C16H18N2/c1-3-16(17)14-8-10-15(11-9-14)18-12(2)13-6-4-5-7-13/h4,6-11,17-18H,2-3,5H2,1H3. The van der Waals surface area contributed by atoms with Crippen LogP contribution in [0.1, 0.15) is 25.3 Å². The second-order valence-electron chi connectivity index (χ2n) is 4.31. The van der Waals surface area contributed by atoms with Crippen LogP contribution in [0.2, 0.25) is 0 Å². The highest BCUT2D eigenvalue weighted by Crippen LogP contribution is 2.20. The summed E-state index contributed by atoms with van der Waals surface area (Å²) < 4.78 is 0. The molecule has 92 valence electrons. The Morgan fingerprint density at radius 1 is 1.33 bits per heavy atom. The number of benzene rings is 1. The molecule has 0 atom stereocenters. The molecule has 0 unspecified atom stereocenters. The number of rotatable bonds is 5. The van der Waals surface area contributed by atoms with Crippen LogP contribution in [0.3, 0.4) is 0 Å². The number of hydrogen-bond acceptors (Lipinski definition) is 2. The minimum absolute atomic E-state index is 0.668. The lowest BCUT2D eigenvalue weighted by atomic mass is 10.1. The molecule has 0 spiro atoms. The summed E-state index contributed by atoms with van der Waals surface area (Å²) in [5.41, 5.74) is 4.73. The molecular formula is C16H18N2. The van der Waals surface area contributed by atoms with Crippen molar-refractivity contribution in [3.63, 3.8) is 0 Å². The SMILES string of the molecule is C=C(Nc1ccc(C(=N)CC)cc1)C1=CCC=C1. The van der Waals surface area contributed by atoms with Crippen molar-refractivity contribution in [1.82, 2.24) is 0 Å². The van der Waals surface area contributed by atoms with Gasteiger partial charge in [0.05, 0.1) is 0 Å². The van der Waals surface area contributed by atoms with E-state index in [9.17, 15) is 0 Å². The molecule has 2 rings (SSSR count). The van der Waals surface area contributed by atoms with Crippen molar-refractivity contribution in [3.05, 3.63) is 65.9 Å². The van der Waals surface area contributed by atoms with Gasteiger partial charge in [-0.3, -0.25) is 0 Å². The molecule has 0 amide bonds. The fraction of sp³-hybridized carbons (Fsp3) is 0.188. The van der Waals surface area contributed by atoms with Crippen LogP contribution in [0.15, 0.2) is 60.3 Å². The van der Waals surface area contributed by atoms with Gasteiger partial charge in [0.25, 0.3) is 0 Å². The zero-order valence-corrected chi connectivity index (χ0v) is 10.7. The summed E-state index contributed by atoms with van der Waals surface area (Å²) in [6.45, 7) is 6.03. The van der Waals surface area contributed by atoms with Crippen LogP contribution in [-0.2, 0) is 0 Å². The van der Waals surface area contributed by atoms with Gasteiger partial charge in [-0.25, -0.2) is 0 Å². The molecule has 0 saturated carbocycles. The molecule has 0 aliphatic heterocycles. The van der Waals surface area contributed by atoms with Crippen LogP contribution in [0, 0.1) is 5.41 Å². The van der Waals surface area contributed by atoms with Crippen molar-refractivity contribution in [1.29, 1.82) is 5.41 Å². The Balaban J connectivity index is 2.04. The lowest BCUT2D eigenvalue weighted by Crippen LogP contribution is -2.01. The normalized spacial score (nSPS) is 13.3. The van der Waals surface area contributed by atoms with Gasteiger partial charge >= 0.3 is 0 Å². The first-order valence-electron chi connectivity index (χ1n) is 6.21. The molecule has 2 heteroatoms. The molecule has 1 aromatic rings. The average molecular weight is 238 g/mol. The van der Waals surface area contributed by atoms with E-state index in [1.165, 1.54) is 0 Å². The summed E-state index contributed by atoms with van der Waals surface area (Å²) in [7, 11) is 0. The summed E-state index contributed by atoms with van der Waals surface area (Å²) in [6, 6.07) is 7.93. The van der Waals surface area contributed by atoms with Gasteiger partial charge in [-0.1, -0.05) is 43.9 Å². The van der Waals surface area contributed by atoms with E-state index in [0.29, 0.717) is 5.71 Å². The summed E-state index contributed by atoms with van der Waals surface area (Å²) in [4.78, 5) is 0. The number of nitrogens with one attached hydrogen (secondary N) is 2. The smallest absolute Gasteiger partial charge is 0.0384 e. The topological polar surface area (TPSA) is 35.9 Å². The molecule has 2 nitrogen and oxygen atoms in total. The Kier molecular flexibility index (Phi) is 3.78. The maximum Gasteiger partial charge on any atom is 0.0384 e. The summed E-state index contributed by atoms with van der Waals surface area (Å²) in [5.74, 6) is 0. The van der Waals surface area contributed by atoms with E-state index in [-0.39, 0.29) is 0 Å². The Bertz CT molecular complexity index is 519. The minimum atomic E-state index is 0.668. The number of anilines is 1. The van der Waals surface area contributed by atoms with Gasteiger partial charge in [-0.15, -0.1) is 0 Å². The van der Waals surface area contributed by atoms with Gasteiger partial charge in [0.1, 0.15) is 0 Å². The molecule has 1 aromatic carbocycles. The highest BCUT2D eigenvalue weighted by atomic mass is 14.9. The molecule has 0 aromatic heterocycles. The first kappa shape index (κ1) is 12.4. The van der Waals surface area contributed by atoms with E-state index in [0.717, 1.165) is 35.4 Å². The second-order valence-corrected chi connectivity index (χ2v) is 4.31. The molecule has 2 N–H and O–H groups in total. The van der Waals surface area contributed by atoms with Crippen LogP contribution in [0.5, 0.6) is 0 Å². The molecular weight excluding hydrogens is 220 g/mol. The monoisotopic (exact) mass is 238 g/mol. The van der Waals surface area contributed by atoms with Crippen LogP contribution in [0.25, 0.3) is 0 Å². The first-order chi connectivity index (χ1) is 8.70. The van der Waals surface area contributed by atoms with E-state index < -0.39 is 0 Å². The zero-order chi connectivity index (χ0) is 13.0. The van der Waals surface area contributed by atoms with Gasteiger partial charge in [0.2, 0.25) is 0 Å². The Morgan fingerprint density at radius 2 is 2.06 bits per heavy atom. The van der Waals surface area contributed by atoms with E-state index >= 15 is 0 Å². The fourth-order valence-corrected chi connectivity index (χ4v) is 1.89. The molecule has 0 saturated heterocycles. The van der Waals surface area contributed by atoms with Crippen LogP contribution in [0.4, 0.5) is 5.69 Å². The molecule has 0 radical (unpaired) electrons. The van der Waals surface area contributed by atoms with Crippen molar-refractivity contribution in [2.75, 3.05) is 5.32 Å². The quantitative estimate of drug-likeness (QED) is 0.738. The van der Waals surface area contributed by atoms with E-state index in [2.05, 4.69) is 30.1 Å². The first-order valence-corrected chi connectivity index (χ1v) is 6.21. The third kappa shape index (κ3) is 2.77. The highest BCUT2D eigenvalue weighted by molar-refractivity contribution is 5.98. The predicted octanol–water partition coefficient (Wildman–Crippen LogP) is 4.28. The van der Waals surface area contributed by atoms with Gasteiger partial charge in [0.15, 0.2) is 0 Å². The van der Waals surface area contributed by atoms with E-state index in [4.69, 9.17) is 5.41 Å². The van der Waals surface area contributed by atoms with Crippen molar-refractivity contribution in [3.8, 4) is 0 Å². The third-order valence-corrected chi connectivity index (χ3v) is 3.00. The van der Waals surface area contributed by atoms with Crippen LogP contribution in [-0.4, -0.2) is 5.71 Å². The zero-order valence-electron chi connectivity index (χ0n) is 10.7. The van der Waals surface area contributed by atoms with Crippen LogP contribution >= 0.6 is 0 Å². The largest absolute Gasteiger partial charge is 0.356 e. The van der Waals surface area contributed by atoms with Crippen molar-refractivity contribution >= 4 is 11.4 Å². The van der Waals surface area contributed by atoms with Crippen molar-refractivity contribution in [2.24, 2.45) is 0 Å². The molecule has 18 heavy (non-hydrogen) atoms. The highest BCUT2D eigenvalue weighted by Gasteiger charge is 2.04. The maximum absolute atomic E-state index is 7.77. The maximum atomic E-state index is 7.77. The van der Waals surface area contributed by atoms with Gasteiger partial charge in [-0.05, 0) is 36.1 Å². The Labute approximate surface area is 108 Å². The molecule has 0 bridgehead atoms. The third-order valence-electron chi connectivity index (χ3n) is 3.00. The van der Waals surface area contributed by atoms with Gasteiger partial charge < -0.3 is 10.7 Å². The number of hydrogen-bond donors (Lipinski definition) is 2. The molecule has 1 aliphatic carbocycles. The Hall–Kier alpha value is -2.09. The van der Waals surface area contributed by atoms with Crippen LogP contribution < -0.4 is 5.32 Å². The Morgan fingerprint density at radius 3 is 2.61 bits per heavy atom. The lowest BCUT2D eigenvalue weighted by molar-refractivity contribution is 1.24. The summed E-state index contributed by atoms with van der Waals surface area (Å²) >= 11 is 0. The fourth-order valence-electron chi connectivity index (χ4n) is 1.89. The summed E-state index contributed by atoms with van der Waals surface area (Å²) in [5, 5.41) is 11.1. The second kappa shape index (κ2) is 5.50. The predicted molar refractivity (Wildman–Crippen MR) is 78.2 cm³/mol. The van der Waals surface area contributed by atoms with Crippen molar-refractivity contribution < 1.29 is 0 Å². The molecule has 0 heterocycles. The lowest BCUT2D eigenvalue weighted by Gasteiger charge is -2.10. The van der Waals surface area contributed by atoms with E-state index in [1.807, 2.05) is 31.2 Å². The van der Waals surface area contributed by atoms with Crippen molar-refractivity contribution in [2.45, 2.75) is 19.8 Å². The summed E-state index contributed by atoms with van der Waals surface area (Å²) in [6.07, 6.45) is 8.10. The molecule has 1 aliphatic rings. The average Bonchev–Trinajstić information content (AvgIpc) is 2.92. The minimum Gasteiger partial charge on any atom is -0.356 e. The van der Waals surface area contributed by atoms with Gasteiger partial charge in [-0.2, -0.15) is 0 Å². The molecule has 0 fully saturated rings.